The lowest BCUT2D eigenvalue weighted by Crippen LogP contribution is -2.48. The Balaban J connectivity index is 1.72. The predicted octanol–water partition coefficient (Wildman–Crippen LogP) is 1.36. The van der Waals surface area contributed by atoms with Gasteiger partial charge in [-0.2, -0.15) is 4.31 Å². The van der Waals surface area contributed by atoms with Gasteiger partial charge in [0.2, 0.25) is 10.0 Å². The number of hydrogen-bond acceptors (Lipinski definition) is 5. The molecule has 3 rings (SSSR count). The van der Waals surface area contributed by atoms with E-state index in [1.165, 1.54) is 15.8 Å². The first kappa shape index (κ1) is 16.0. The van der Waals surface area contributed by atoms with Crippen molar-refractivity contribution in [2.45, 2.75) is 4.90 Å². The molecule has 0 aliphatic carbocycles. The number of carbonyl (C=O) groups is 1. The predicted molar refractivity (Wildman–Crippen MR) is 90.3 cm³/mol. The summed E-state index contributed by atoms with van der Waals surface area (Å²) in [5.74, 6) is -0.606. The summed E-state index contributed by atoms with van der Waals surface area (Å²) in [6.07, 6.45) is 0. The fourth-order valence-electron chi connectivity index (χ4n) is 2.56. The SMILES string of the molecule is NC(=O)c1cc(S(=O)(=O)N2CCN(c3ccccc3)CC2)cs1. The molecule has 0 atom stereocenters. The van der Waals surface area contributed by atoms with Crippen molar-refractivity contribution >= 4 is 33.0 Å². The van der Waals surface area contributed by atoms with Gasteiger partial charge in [0, 0.05) is 37.2 Å². The Kier molecular flexibility index (Phi) is 4.38. The van der Waals surface area contributed by atoms with E-state index in [4.69, 9.17) is 5.73 Å². The Morgan fingerprint density at radius 2 is 1.74 bits per heavy atom. The highest BCUT2D eigenvalue weighted by atomic mass is 32.2. The summed E-state index contributed by atoms with van der Waals surface area (Å²) in [6, 6.07) is 11.3. The van der Waals surface area contributed by atoms with Crippen LogP contribution in [0.4, 0.5) is 5.69 Å². The summed E-state index contributed by atoms with van der Waals surface area (Å²) in [4.78, 5) is 13.7. The lowest BCUT2D eigenvalue weighted by atomic mass is 10.2. The maximum atomic E-state index is 12.6. The number of para-hydroxylation sites is 1. The van der Waals surface area contributed by atoms with Crippen molar-refractivity contribution in [1.29, 1.82) is 0 Å². The van der Waals surface area contributed by atoms with Crippen LogP contribution in [0.1, 0.15) is 9.67 Å². The van der Waals surface area contributed by atoms with Crippen LogP contribution in [-0.2, 0) is 10.0 Å². The third-order valence-corrected chi connectivity index (χ3v) is 6.79. The highest BCUT2D eigenvalue weighted by Crippen LogP contribution is 2.24. The Labute approximate surface area is 139 Å². The maximum Gasteiger partial charge on any atom is 0.258 e. The van der Waals surface area contributed by atoms with E-state index >= 15 is 0 Å². The highest BCUT2D eigenvalue weighted by Gasteiger charge is 2.29. The van der Waals surface area contributed by atoms with Crippen molar-refractivity contribution < 1.29 is 13.2 Å². The molecular formula is C15H17N3O3S2. The normalized spacial score (nSPS) is 16.4. The minimum atomic E-state index is -3.57. The highest BCUT2D eigenvalue weighted by molar-refractivity contribution is 7.89. The fourth-order valence-corrected chi connectivity index (χ4v) is 5.09. The molecule has 1 aliphatic heterocycles. The molecule has 2 heterocycles. The first-order chi connectivity index (χ1) is 11.0. The van der Waals surface area contributed by atoms with E-state index < -0.39 is 15.9 Å². The number of primary amides is 1. The molecule has 1 amide bonds. The van der Waals surface area contributed by atoms with E-state index in [0.29, 0.717) is 26.2 Å². The van der Waals surface area contributed by atoms with Crippen LogP contribution < -0.4 is 10.6 Å². The van der Waals surface area contributed by atoms with Gasteiger partial charge in [0.05, 0.1) is 9.77 Å². The van der Waals surface area contributed by atoms with Crippen LogP contribution in [0.25, 0.3) is 0 Å². The summed E-state index contributed by atoms with van der Waals surface area (Å²) < 4.78 is 26.7. The molecule has 122 valence electrons. The van der Waals surface area contributed by atoms with Crippen LogP contribution in [0, 0.1) is 0 Å². The van der Waals surface area contributed by atoms with Gasteiger partial charge in [-0.3, -0.25) is 4.79 Å². The summed E-state index contributed by atoms with van der Waals surface area (Å²) in [6.45, 7) is 2.10. The number of thiophene rings is 1. The molecule has 6 nitrogen and oxygen atoms in total. The molecule has 1 aromatic carbocycles. The molecule has 1 saturated heterocycles. The standard InChI is InChI=1S/C15H17N3O3S2/c16-15(19)14-10-13(11-22-14)23(20,21)18-8-6-17(7-9-18)12-4-2-1-3-5-12/h1-5,10-11H,6-9H2,(H2,16,19). The molecule has 8 heteroatoms. The van der Waals surface area contributed by atoms with Crippen LogP contribution in [0.15, 0.2) is 46.7 Å². The number of amides is 1. The molecule has 2 aromatic rings. The topological polar surface area (TPSA) is 83.7 Å². The number of nitrogens with two attached hydrogens (primary N) is 1. The number of carbonyl (C=O) groups excluding carboxylic acids is 1. The average molecular weight is 351 g/mol. The molecule has 0 radical (unpaired) electrons. The summed E-state index contributed by atoms with van der Waals surface area (Å²) in [5, 5.41) is 1.47. The summed E-state index contributed by atoms with van der Waals surface area (Å²) >= 11 is 1.06. The zero-order chi connectivity index (χ0) is 16.4. The van der Waals surface area contributed by atoms with E-state index in [2.05, 4.69) is 4.90 Å². The Morgan fingerprint density at radius 3 is 2.30 bits per heavy atom. The summed E-state index contributed by atoms with van der Waals surface area (Å²) in [5.41, 5.74) is 6.28. The average Bonchev–Trinajstić information content (AvgIpc) is 3.07. The van der Waals surface area contributed by atoms with Crippen molar-refractivity contribution in [3.8, 4) is 0 Å². The molecule has 0 unspecified atom stereocenters. The van der Waals surface area contributed by atoms with Crippen molar-refractivity contribution in [3.63, 3.8) is 0 Å². The van der Waals surface area contributed by atoms with Crippen LogP contribution >= 0.6 is 11.3 Å². The van der Waals surface area contributed by atoms with Gasteiger partial charge >= 0.3 is 0 Å². The second-order valence-corrected chi connectivity index (χ2v) is 8.09. The number of anilines is 1. The van der Waals surface area contributed by atoms with Gasteiger partial charge in [-0.25, -0.2) is 8.42 Å². The van der Waals surface area contributed by atoms with Crippen LogP contribution in [0.3, 0.4) is 0 Å². The lowest BCUT2D eigenvalue weighted by molar-refractivity contribution is 0.100. The van der Waals surface area contributed by atoms with E-state index in [1.807, 2.05) is 30.3 Å². The number of benzene rings is 1. The summed E-state index contributed by atoms with van der Waals surface area (Å²) in [7, 11) is -3.57. The molecule has 1 aliphatic rings. The molecule has 1 fully saturated rings. The molecule has 1 aromatic heterocycles. The third kappa shape index (κ3) is 3.24. The Bertz CT molecular complexity index is 794. The first-order valence-corrected chi connectivity index (χ1v) is 9.49. The zero-order valence-corrected chi connectivity index (χ0v) is 14.0. The molecule has 0 bridgehead atoms. The fraction of sp³-hybridized carbons (Fsp3) is 0.267. The van der Waals surface area contributed by atoms with Gasteiger partial charge in [-0.05, 0) is 18.2 Å². The van der Waals surface area contributed by atoms with Crippen molar-refractivity contribution in [2.24, 2.45) is 5.73 Å². The zero-order valence-electron chi connectivity index (χ0n) is 12.4. The van der Waals surface area contributed by atoms with E-state index in [1.54, 1.807) is 0 Å². The maximum absolute atomic E-state index is 12.6. The number of piperazine rings is 1. The monoisotopic (exact) mass is 351 g/mol. The smallest absolute Gasteiger partial charge is 0.258 e. The van der Waals surface area contributed by atoms with Crippen molar-refractivity contribution in [2.75, 3.05) is 31.1 Å². The number of sulfonamides is 1. The van der Waals surface area contributed by atoms with Gasteiger partial charge in [0.15, 0.2) is 0 Å². The van der Waals surface area contributed by atoms with Gasteiger partial charge < -0.3 is 10.6 Å². The molecule has 2 N–H and O–H groups in total. The molecular weight excluding hydrogens is 334 g/mol. The minimum absolute atomic E-state index is 0.143. The first-order valence-electron chi connectivity index (χ1n) is 7.17. The number of hydrogen-bond donors (Lipinski definition) is 1. The quantitative estimate of drug-likeness (QED) is 0.901. The van der Waals surface area contributed by atoms with Crippen molar-refractivity contribution in [1.82, 2.24) is 4.31 Å². The van der Waals surface area contributed by atoms with Gasteiger partial charge in [0.25, 0.3) is 5.91 Å². The van der Waals surface area contributed by atoms with Gasteiger partial charge in [0.1, 0.15) is 0 Å². The third-order valence-electron chi connectivity index (χ3n) is 3.82. The molecule has 23 heavy (non-hydrogen) atoms. The van der Waals surface area contributed by atoms with Gasteiger partial charge in [-0.1, -0.05) is 18.2 Å². The molecule has 0 spiro atoms. The van der Waals surface area contributed by atoms with E-state index in [9.17, 15) is 13.2 Å². The number of nitrogens with zero attached hydrogens (tertiary/aromatic N) is 2. The Hall–Kier alpha value is -1.90. The second-order valence-electron chi connectivity index (χ2n) is 5.24. The lowest BCUT2D eigenvalue weighted by Gasteiger charge is -2.35. The minimum Gasteiger partial charge on any atom is -0.369 e. The van der Waals surface area contributed by atoms with Gasteiger partial charge in [-0.15, -0.1) is 11.3 Å². The van der Waals surface area contributed by atoms with Crippen LogP contribution in [0.2, 0.25) is 0 Å². The largest absolute Gasteiger partial charge is 0.369 e. The molecule has 0 saturated carbocycles. The number of rotatable bonds is 4. The second kappa shape index (κ2) is 6.31. The van der Waals surface area contributed by atoms with Crippen LogP contribution in [0.5, 0.6) is 0 Å². The van der Waals surface area contributed by atoms with Crippen LogP contribution in [-0.4, -0.2) is 44.8 Å². The van der Waals surface area contributed by atoms with E-state index in [0.717, 1.165) is 17.0 Å². The Morgan fingerprint density at radius 1 is 1.09 bits per heavy atom. The van der Waals surface area contributed by atoms with E-state index in [-0.39, 0.29) is 9.77 Å². The van der Waals surface area contributed by atoms with Crippen molar-refractivity contribution in [3.05, 3.63) is 46.7 Å².